The van der Waals surface area contributed by atoms with E-state index in [1.165, 1.54) is 0 Å². The first-order valence-corrected chi connectivity index (χ1v) is 7.13. The number of carbonyl (C=O) groups excluding carboxylic acids is 1. The van der Waals surface area contributed by atoms with Crippen molar-refractivity contribution in [3.63, 3.8) is 0 Å². The molecule has 1 heterocycles. The maximum Gasteiger partial charge on any atom is 0.151 e. The highest BCUT2D eigenvalue weighted by Crippen LogP contribution is 2.34. The molecule has 20 heavy (non-hydrogen) atoms. The molecule has 1 aromatic rings. The summed E-state index contributed by atoms with van der Waals surface area (Å²) in [6, 6.07) is 3.33. The van der Waals surface area contributed by atoms with Crippen LogP contribution in [0.25, 0.3) is 5.76 Å². The van der Waals surface area contributed by atoms with Crippen LogP contribution in [0.15, 0.2) is 17.7 Å². The van der Waals surface area contributed by atoms with Gasteiger partial charge in [0.2, 0.25) is 0 Å². The minimum atomic E-state index is -0.404. The number of hydrogen-bond acceptors (Lipinski definition) is 3. The van der Waals surface area contributed by atoms with Gasteiger partial charge in [-0.2, -0.15) is 0 Å². The van der Waals surface area contributed by atoms with Crippen molar-refractivity contribution in [1.29, 1.82) is 0 Å². The number of ether oxygens (including phenoxy) is 1. The molecule has 0 amide bonds. The fraction of sp³-hybridized carbons (Fsp3) is 0.400. The summed E-state index contributed by atoms with van der Waals surface area (Å²) in [6.45, 7) is 4.45. The van der Waals surface area contributed by atoms with Crippen LogP contribution in [-0.4, -0.2) is 19.9 Å². The predicted molar refractivity (Wildman–Crippen MR) is 80.4 cm³/mol. The fourth-order valence-electron chi connectivity index (χ4n) is 1.99. The average Bonchev–Trinajstić information content (AvgIpc) is 2.97. The van der Waals surface area contributed by atoms with Gasteiger partial charge in [-0.25, -0.2) is 4.39 Å². The summed E-state index contributed by atoms with van der Waals surface area (Å²) in [4.78, 5) is 10.9. The molecule has 0 aliphatic carbocycles. The van der Waals surface area contributed by atoms with Gasteiger partial charge in [0.25, 0.3) is 0 Å². The lowest BCUT2D eigenvalue weighted by Gasteiger charge is -2.13. The van der Waals surface area contributed by atoms with Crippen molar-refractivity contribution in [2.45, 2.75) is 26.1 Å². The van der Waals surface area contributed by atoms with E-state index in [4.69, 9.17) is 16.3 Å². The number of rotatable bonds is 4. The van der Waals surface area contributed by atoms with E-state index in [9.17, 15) is 9.18 Å². The Balaban J connectivity index is 0.000000956. The van der Waals surface area contributed by atoms with Gasteiger partial charge in [0.1, 0.15) is 12.0 Å². The quantitative estimate of drug-likeness (QED) is 0.675. The van der Waals surface area contributed by atoms with Gasteiger partial charge >= 0.3 is 0 Å². The lowest BCUT2D eigenvalue weighted by Crippen LogP contribution is -2.02. The van der Waals surface area contributed by atoms with Gasteiger partial charge in [-0.15, -0.1) is 11.6 Å². The molecule has 0 unspecified atom stereocenters. The topological polar surface area (TPSA) is 38.3 Å². The van der Waals surface area contributed by atoms with Gasteiger partial charge in [-0.1, -0.05) is 19.9 Å². The normalized spacial score (nSPS) is 13.4. The second-order valence-corrected chi connectivity index (χ2v) is 4.18. The summed E-state index contributed by atoms with van der Waals surface area (Å²) in [5.74, 6) is 0.147. The van der Waals surface area contributed by atoms with Gasteiger partial charge in [0, 0.05) is 30.2 Å². The molecule has 1 aliphatic heterocycles. The third-order valence-electron chi connectivity index (χ3n) is 2.91. The molecule has 0 saturated heterocycles. The largest absolute Gasteiger partial charge is 0.492 e. The summed E-state index contributed by atoms with van der Waals surface area (Å²) in [5.41, 5.74) is 1.84. The van der Waals surface area contributed by atoms with Crippen LogP contribution >= 0.6 is 11.6 Å². The average molecular weight is 300 g/mol. The van der Waals surface area contributed by atoms with E-state index < -0.39 is 5.82 Å². The molecule has 0 bridgehead atoms. The third kappa shape index (κ3) is 3.12. The van der Waals surface area contributed by atoms with Crippen LogP contribution in [0.2, 0.25) is 0 Å². The van der Waals surface area contributed by atoms with E-state index in [0.29, 0.717) is 41.2 Å². The van der Waals surface area contributed by atoms with Crippen LogP contribution in [0.4, 0.5) is 10.1 Å². The first kappa shape index (κ1) is 16.5. The summed E-state index contributed by atoms with van der Waals surface area (Å²) in [6.07, 6.45) is 1.32. The first-order valence-electron chi connectivity index (χ1n) is 6.59. The van der Waals surface area contributed by atoms with Crippen LogP contribution in [0, 0.1) is 5.82 Å². The van der Waals surface area contributed by atoms with Crippen LogP contribution in [0.5, 0.6) is 0 Å². The van der Waals surface area contributed by atoms with Crippen molar-refractivity contribution in [1.82, 2.24) is 0 Å². The van der Waals surface area contributed by atoms with Crippen LogP contribution in [0.1, 0.15) is 31.4 Å². The molecule has 110 valence electrons. The summed E-state index contributed by atoms with van der Waals surface area (Å²) < 4.78 is 19.5. The van der Waals surface area contributed by atoms with E-state index in [0.717, 1.165) is 6.29 Å². The van der Waals surface area contributed by atoms with E-state index >= 15 is 0 Å². The standard InChI is InChI=1S/C13H13ClFNO2.C2H6/c1-16-12-10(3-2-8(6-14)11(12)15)13-9(7-17)4-5-18-13;1-2/h2-3,7,16H,4-6H2,1H3;1-2H3. The maximum absolute atomic E-state index is 14.1. The first-order chi connectivity index (χ1) is 9.72. The highest BCUT2D eigenvalue weighted by atomic mass is 35.5. The van der Waals surface area contributed by atoms with Crippen molar-refractivity contribution in [3.8, 4) is 0 Å². The van der Waals surface area contributed by atoms with E-state index in [-0.39, 0.29) is 5.88 Å². The van der Waals surface area contributed by atoms with Crippen molar-refractivity contribution in [3.05, 3.63) is 34.6 Å². The van der Waals surface area contributed by atoms with Gasteiger partial charge in [-0.3, -0.25) is 4.79 Å². The molecule has 3 nitrogen and oxygen atoms in total. The van der Waals surface area contributed by atoms with Crippen LogP contribution in [0.3, 0.4) is 0 Å². The molecule has 0 spiro atoms. The molecule has 2 rings (SSSR count). The Morgan fingerprint density at radius 1 is 1.45 bits per heavy atom. The zero-order valence-electron chi connectivity index (χ0n) is 11.9. The van der Waals surface area contributed by atoms with Crippen LogP contribution in [-0.2, 0) is 15.4 Å². The second-order valence-electron chi connectivity index (χ2n) is 3.92. The Morgan fingerprint density at radius 3 is 2.70 bits per heavy atom. The number of alkyl halides is 1. The van der Waals surface area contributed by atoms with Gasteiger partial charge in [-0.05, 0) is 6.07 Å². The van der Waals surface area contributed by atoms with Crippen molar-refractivity contribution < 1.29 is 13.9 Å². The molecular formula is C15H19ClFNO2. The van der Waals surface area contributed by atoms with E-state index in [2.05, 4.69) is 5.32 Å². The third-order valence-corrected chi connectivity index (χ3v) is 3.20. The molecular weight excluding hydrogens is 281 g/mol. The summed E-state index contributed by atoms with van der Waals surface area (Å²) in [5, 5.41) is 2.80. The number of nitrogens with one attached hydrogen (secondary N) is 1. The minimum absolute atomic E-state index is 0.0984. The monoisotopic (exact) mass is 299 g/mol. The van der Waals surface area contributed by atoms with Crippen LogP contribution < -0.4 is 5.32 Å². The molecule has 0 fully saturated rings. The number of hydrogen-bond donors (Lipinski definition) is 1. The zero-order chi connectivity index (χ0) is 15.1. The van der Waals surface area contributed by atoms with E-state index in [1.807, 2.05) is 13.8 Å². The summed E-state index contributed by atoms with van der Waals surface area (Å²) >= 11 is 5.66. The minimum Gasteiger partial charge on any atom is -0.492 e. The number of aldehydes is 1. The Kier molecular flexibility index (Phi) is 6.52. The molecule has 1 aromatic carbocycles. The van der Waals surface area contributed by atoms with Gasteiger partial charge in [0.15, 0.2) is 5.82 Å². The molecule has 0 aromatic heterocycles. The maximum atomic E-state index is 14.1. The second kappa shape index (κ2) is 7.90. The molecule has 0 atom stereocenters. The zero-order valence-corrected chi connectivity index (χ0v) is 12.7. The van der Waals surface area contributed by atoms with Crippen molar-refractivity contribution in [2.24, 2.45) is 0 Å². The molecule has 0 saturated carbocycles. The van der Waals surface area contributed by atoms with Gasteiger partial charge in [0.05, 0.1) is 18.2 Å². The number of benzene rings is 1. The molecule has 0 radical (unpaired) electrons. The Labute approximate surface area is 123 Å². The summed E-state index contributed by atoms with van der Waals surface area (Å²) in [7, 11) is 1.62. The Bertz CT molecular complexity index is 515. The lowest BCUT2D eigenvalue weighted by molar-refractivity contribution is -0.104. The van der Waals surface area contributed by atoms with Crippen molar-refractivity contribution in [2.75, 3.05) is 19.0 Å². The highest BCUT2D eigenvalue weighted by molar-refractivity contribution is 6.17. The Hall–Kier alpha value is -1.55. The SMILES string of the molecule is CC.CNc1c(C2=C(C=O)CCO2)ccc(CCl)c1F. The number of anilines is 1. The predicted octanol–water partition coefficient (Wildman–Crippen LogP) is 3.96. The van der Waals surface area contributed by atoms with Crippen molar-refractivity contribution >= 4 is 29.3 Å². The van der Waals surface area contributed by atoms with E-state index in [1.54, 1.807) is 19.2 Å². The number of halogens is 2. The van der Waals surface area contributed by atoms with Gasteiger partial charge < -0.3 is 10.1 Å². The Morgan fingerprint density at radius 2 is 2.15 bits per heavy atom. The number of carbonyl (C=O) groups is 1. The smallest absolute Gasteiger partial charge is 0.151 e. The fourth-order valence-corrected chi connectivity index (χ4v) is 2.19. The highest BCUT2D eigenvalue weighted by Gasteiger charge is 2.22. The molecule has 5 heteroatoms. The lowest BCUT2D eigenvalue weighted by atomic mass is 10.0. The molecule has 1 N–H and O–H groups in total. The molecule has 1 aliphatic rings.